The van der Waals surface area contributed by atoms with Gasteiger partial charge in [0.2, 0.25) is 0 Å². The van der Waals surface area contributed by atoms with Gasteiger partial charge in [0.05, 0.1) is 12.2 Å². The van der Waals surface area contributed by atoms with E-state index >= 15 is 0 Å². The highest BCUT2D eigenvalue weighted by molar-refractivity contribution is 6.31. The lowest BCUT2D eigenvalue weighted by atomic mass is 10.0. The number of carbonyl (C=O) groups is 1. The van der Waals surface area contributed by atoms with Crippen molar-refractivity contribution in [2.75, 3.05) is 5.32 Å². The largest absolute Gasteiger partial charge is 0.416 e. The number of hydrogen-bond acceptors (Lipinski definition) is 2. The van der Waals surface area contributed by atoms with E-state index in [-0.39, 0.29) is 17.2 Å². The van der Waals surface area contributed by atoms with Crippen LogP contribution >= 0.6 is 11.6 Å². The number of rotatable bonds is 4. The molecule has 0 spiro atoms. The van der Waals surface area contributed by atoms with E-state index in [1.54, 1.807) is 18.2 Å². The van der Waals surface area contributed by atoms with Crippen LogP contribution in [-0.2, 0) is 12.8 Å². The van der Waals surface area contributed by atoms with Crippen molar-refractivity contribution in [1.29, 1.82) is 0 Å². The summed E-state index contributed by atoms with van der Waals surface area (Å²) in [6.07, 6.45) is -4.62. The fourth-order valence-corrected chi connectivity index (χ4v) is 2.95. The molecule has 0 aliphatic rings. The Morgan fingerprint density at radius 3 is 2.32 bits per heavy atom. The van der Waals surface area contributed by atoms with Gasteiger partial charge in [0.1, 0.15) is 0 Å². The SMILES string of the molecule is O=C(Nc1cc(-c2ccccc2)ccc1CO)c1cc(Cl)cc(C(F)(F)F)c1. The van der Waals surface area contributed by atoms with Crippen LogP contribution in [0.2, 0.25) is 5.02 Å². The number of carbonyl (C=O) groups excluding carboxylic acids is 1. The molecule has 0 atom stereocenters. The van der Waals surface area contributed by atoms with Crippen molar-refractivity contribution in [2.24, 2.45) is 0 Å². The van der Waals surface area contributed by atoms with Gasteiger partial charge in [-0.1, -0.05) is 54.1 Å². The van der Waals surface area contributed by atoms with Crippen molar-refractivity contribution in [3.63, 3.8) is 0 Å². The molecule has 0 aromatic heterocycles. The zero-order valence-corrected chi connectivity index (χ0v) is 15.2. The standard InChI is InChI=1S/C21H15ClF3NO2/c22-18-9-16(8-17(11-18)21(23,24)25)20(28)26-19-10-14(6-7-15(19)12-27)13-4-2-1-3-5-13/h1-11,27H,12H2,(H,26,28). The Balaban J connectivity index is 1.95. The summed E-state index contributed by atoms with van der Waals surface area (Å²) in [5.74, 6) is -0.757. The Kier molecular flexibility index (Phi) is 5.72. The Hall–Kier alpha value is -2.83. The molecule has 7 heteroatoms. The number of amides is 1. The lowest BCUT2D eigenvalue weighted by molar-refractivity contribution is -0.137. The molecule has 0 bridgehead atoms. The van der Waals surface area contributed by atoms with E-state index < -0.39 is 17.6 Å². The molecule has 0 radical (unpaired) electrons. The monoisotopic (exact) mass is 405 g/mol. The van der Waals surface area contributed by atoms with Crippen molar-refractivity contribution >= 4 is 23.2 Å². The molecule has 0 saturated carbocycles. The average molecular weight is 406 g/mol. The highest BCUT2D eigenvalue weighted by Gasteiger charge is 2.31. The van der Waals surface area contributed by atoms with E-state index in [0.717, 1.165) is 29.3 Å². The first-order valence-corrected chi connectivity index (χ1v) is 8.64. The molecule has 28 heavy (non-hydrogen) atoms. The van der Waals surface area contributed by atoms with Crippen LogP contribution in [0.25, 0.3) is 11.1 Å². The normalized spacial score (nSPS) is 11.3. The van der Waals surface area contributed by atoms with E-state index in [0.29, 0.717) is 11.3 Å². The smallest absolute Gasteiger partial charge is 0.392 e. The number of benzene rings is 3. The first-order valence-electron chi connectivity index (χ1n) is 8.26. The summed E-state index contributed by atoms with van der Waals surface area (Å²) < 4.78 is 38.9. The maximum absolute atomic E-state index is 13.0. The molecule has 2 N–H and O–H groups in total. The second-order valence-corrected chi connectivity index (χ2v) is 6.51. The molecule has 3 aromatic carbocycles. The molecule has 1 amide bonds. The van der Waals surface area contributed by atoms with Crippen LogP contribution < -0.4 is 5.32 Å². The maximum Gasteiger partial charge on any atom is 0.416 e. The number of aliphatic hydroxyl groups excluding tert-OH is 1. The molecule has 3 rings (SSSR count). The minimum absolute atomic E-state index is 0.194. The van der Waals surface area contributed by atoms with Crippen LogP contribution in [0.4, 0.5) is 18.9 Å². The number of alkyl halides is 3. The summed E-state index contributed by atoms with van der Waals surface area (Å²) in [7, 11) is 0. The number of hydrogen-bond donors (Lipinski definition) is 2. The Morgan fingerprint density at radius 2 is 1.68 bits per heavy atom. The number of aliphatic hydroxyl groups is 1. The zero-order valence-electron chi connectivity index (χ0n) is 14.4. The minimum atomic E-state index is -4.62. The number of halogens is 4. The molecule has 0 fully saturated rings. The Bertz CT molecular complexity index is 1000. The van der Waals surface area contributed by atoms with Gasteiger partial charge in [-0.05, 0) is 35.4 Å². The van der Waals surface area contributed by atoms with Gasteiger partial charge < -0.3 is 10.4 Å². The highest BCUT2D eigenvalue weighted by Crippen LogP contribution is 2.32. The van der Waals surface area contributed by atoms with E-state index in [1.807, 2.05) is 30.3 Å². The van der Waals surface area contributed by atoms with Gasteiger partial charge in [0.15, 0.2) is 0 Å². The molecule has 144 valence electrons. The molecule has 3 aromatic rings. The van der Waals surface area contributed by atoms with E-state index in [1.165, 1.54) is 0 Å². The second-order valence-electron chi connectivity index (χ2n) is 6.08. The van der Waals surface area contributed by atoms with Crippen LogP contribution in [0.5, 0.6) is 0 Å². The predicted molar refractivity (Wildman–Crippen MR) is 102 cm³/mol. The van der Waals surface area contributed by atoms with Crippen molar-refractivity contribution in [3.8, 4) is 11.1 Å². The van der Waals surface area contributed by atoms with Crippen LogP contribution in [-0.4, -0.2) is 11.0 Å². The fourth-order valence-electron chi connectivity index (χ4n) is 2.72. The van der Waals surface area contributed by atoms with Crippen molar-refractivity contribution in [2.45, 2.75) is 12.8 Å². The minimum Gasteiger partial charge on any atom is -0.392 e. The van der Waals surface area contributed by atoms with Crippen LogP contribution in [0.1, 0.15) is 21.5 Å². The van der Waals surface area contributed by atoms with Crippen molar-refractivity contribution in [3.05, 3.63) is 88.4 Å². The summed E-state index contributed by atoms with van der Waals surface area (Å²) in [6.45, 7) is -0.339. The molecule has 0 unspecified atom stereocenters. The predicted octanol–water partition coefficient (Wildman–Crippen LogP) is 5.77. The van der Waals surface area contributed by atoms with Crippen LogP contribution in [0, 0.1) is 0 Å². The van der Waals surface area contributed by atoms with Gasteiger partial charge in [-0.15, -0.1) is 0 Å². The topological polar surface area (TPSA) is 49.3 Å². The Labute approximate surface area is 164 Å². The zero-order chi connectivity index (χ0) is 20.3. The van der Waals surface area contributed by atoms with Gasteiger partial charge in [-0.25, -0.2) is 0 Å². The maximum atomic E-state index is 13.0. The van der Waals surface area contributed by atoms with Crippen LogP contribution in [0.3, 0.4) is 0 Å². The number of anilines is 1. The highest BCUT2D eigenvalue weighted by atomic mass is 35.5. The van der Waals surface area contributed by atoms with Gasteiger partial charge in [0.25, 0.3) is 5.91 Å². The summed E-state index contributed by atoms with van der Waals surface area (Å²) in [5.41, 5.74) is 1.19. The molecule has 0 aliphatic heterocycles. The van der Waals surface area contributed by atoms with E-state index in [4.69, 9.17) is 11.6 Å². The summed E-state index contributed by atoms with van der Waals surface area (Å²) in [4.78, 5) is 12.5. The third kappa shape index (κ3) is 4.52. The number of nitrogens with one attached hydrogen (secondary N) is 1. The molecule has 0 aliphatic carbocycles. The lowest BCUT2D eigenvalue weighted by Gasteiger charge is -2.14. The molecule has 3 nitrogen and oxygen atoms in total. The molecule has 0 heterocycles. The first kappa shape index (κ1) is 19.9. The summed E-state index contributed by atoms with van der Waals surface area (Å²) in [5, 5.41) is 11.9. The van der Waals surface area contributed by atoms with E-state index in [2.05, 4.69) is 5.32 Å². The van der Waals surface area contributed by atoms with Gasteiger partial charge in [-0.3, -0.25) is 4.79 Å². The van der Waals surface area contributed by atoms with Gasteiger partial charge >= 0.3 is 6.18 Å². The second kappa shape index (κ2) is 8.04. The lowest BCUT2D eigenvalue weighted by Crippen LogP contribution is -2.15. The first-order chi connectivity index (χ1) is 13.3. The third-order valence-electron chi connectivity index (χ3n) is 4.12. The molecular weight excluding hydrogens is 391 g/mol. The quantitative estimate of drug-likeness (QED) is 0.579. The fraction of sp³-hybridized carbons (Fsp3) is 0.0952. The van der Waals surface area contributed by atoms with Crippen LogP contribution in [0.15, 0.2) is 66.7 Å². The molecular formula is C21H15ClF3NO2. The summed E-state index contributed by atoms with van der Waals surface area (Å²) >= 11 is 5.75. The van der Waals surface area contributed by atoms with Gasteiger partial charge in [0, 0.05) is 21.8 Å². The van der Waals surface area contributed by atoms with E-state index in [9.17, 15) is 23.1 Å². The molecule has 0 saturated heterocycles. The third-order valence-corrected chi connectivity index (χ3v) is 4.34. The van der Waals surface area contributed by atoms with Crippen molar-refractivity contribution in [1.82, 2.24) is 0 Å². The Morgan fingerprint density at radius 1 is 0.964 bits per heavy atom. The average Bonchev–Trinajstić information content (AvgIpc) is 2.67. The summed E-state index contributed by atoms with van der Waals surface area (Å²) in [6, 6.07) is 17.1. The van der Waals surface area contributed by atoms with Crippen molar-refractivity contribution < 1.29 is 23.1 Å². The van der Waals surface area contributed by atoms with Gasteiger partial charge in [-0.2, -0.15) is 13.2 Å².